The van der Waals surface area contributed by atoms with Crippen LogP contribution in [0, 0.1) is 0 Å². The van der Waals surface area contributed by atoms with Crippen LogP contribution in [0.4, 0.5) is 0 Å². The molecule has 0 fully saturated rings. The minimum absolute atomic E-state index is 0.0202. The van der Waals surface area contributed by atoms with E-state index in [0.29, 0.717) is 5.82 Å². The third-order valence-corrected chi connectivity index (χ3v) is 4.20. The van der Waals surface area contributed by atoms with Crippen molar-refractivity contribution in [3.05, 3.63) is 36.4 Å². The predicted octanol–water partition coefficient (Wildman–Crippen LogP) is 0.331. The van der Waals surface area contributed by atoms with E-state index in [4.69, 9.17) is 5.11 Å². The number of aromatic amines is 1. The van der Waals surface area contributed by atoms with Crippen LogP contribution in [0.25, 0.3) is 0 Å². The lowest BCUT2D eigenvalue weighted by Crippen LogP contribution is -2.27. The number of H-pyrrole nitrogens is 1. The van der Waals surface area contributed by atoms with Gasteiger partial charge in [-0.1, -0.05) is 0 Å². The molecule has 1 aromatic carbocycles. The average Bonchev–Trinajstić information content (AvgIpc) is 2.82. The second kappa shape index (κ2) is 4.75. The van der Waals surface area contributed by atoms with Gasteiger partial charge < -0.3 is 5.11 Å². The van der Waals surface area contributed by atoms with Crippen molar-refractivity contribution in [1.82, 2.24) is 19.5 Å². The van der Waals surface area contributed by atoms with Gasteiger partial charge in [0.05, 0.1) is 11.4 Å². The van der Waals surface area contributed by atoms with Gasteiger partial charge in [0.2, 0.25) is 10.0 Å². The molecule has 0 saturated heterocycles. The molecule has 0 aliphatic carbocycles. The van der Waals surface area contributed by atoms with Crippen LogP contribution in [0.2, 0.25) is 0 Å². The summed E-state index contributed by atoms with van der Waals surface area (Å²) < 4.78 is 25.5. The van der Waals surface area contributed by atoms with E-state index in [0.717, 1.165) is 4.31 Å². The van der Waals surface area contributed by atoms with Crippen molar-refractivity contribution in [2.75, 3.05) is 7.05 Å². The molecule has 2 aromatic rings. The Bertz CT molecular complexity index is 607. The summed E-state index contributed by atoms with van der Waals surface area (Å²) in [6.45, 7) is 0.100. The van der Waals surface area contributed by atoms with Crippen LogP contribution >= 0.6 is 0 Å². The third kappa shape index (κ3) is 2.49. The number of aromatic hydroxyl groups is 1. The second-order valence-electron chi connectivity index (χ2n) is 3.69. The van der Waals surface area contributed by atoms with Crippen molar-refractivity contribution in [2.45, 2.75) is 11.4 Å². The summed E-state index contributed by atoms with van der Waals surface area (Å²) >= 11 is 0. The standard InChI is InChI=1S/C10H12N4O3S/c1-14(6-10-11-7-12-13-10)18(16,17)9-4-2-8(15)3-5-9/h2-5,7,15H,6H2,1H3,(H,11,12,13). The Morgan fingerprint density at radius 3 is 2.56 bits per heavy atom. The van der Waals surface area contributed by atoms with E-state index in [1.54, 1.807) is 0 Å². The summed E-state index contributed by atoms with van der Waals surface area (Å²) in [5, 5.41) is 15.4. The number of hydrogen-bond acceptors (Lipinski definition) is 5. The first-order chi connectivity index (χ1) is 8.50. The maximum absolute atomic E-state index is 12.2. The fourth-order valence-electron chi connectivity index (χ4n) is 1.40. The fraction of sp³-hybridized carbons (Fsp3) is 0.200. The Morgan fingerprint density at radius 2 is 2.00 bits per heavy atom. The van der Waals surface area contributed by atoms with Crippen molar-refractivity contribution in [2.24, 2.45) is 0 Å². The number of rotatable bonds is 4. The summed E-state index contributed by atoms with van der Waals surface area (Å²) in [5.74, 6) is 0.478. The van der Waals surface area contributed by atoms with Gasteiger partial charge in [-0.3, -0.25) is 5.10 Å². The van der Waals surface area contributed by atoms with E-state index in [9.17, 15) is 8.42 Å². The molecule has 0 aliphatic heterocycles. The van der Waals surface area contributed by atoms with Crippen molar-refractivity contribution >= 4 is 10.0 Å². The Balaban J connectivity index is 2.22. The zero-order valence-electron chi connectivity index (χ0n) is 9.61. The topological polar surface area (TPSA) is 99.2 Å². The lowest BCUT2D eigenvalue weighted by atomic mass is 10.3. The summed E-state index contributed by atoms with van der Waals surface area (Å²) in [4.78, 5) is 3.98. The number of phenols is 1. The maximum atomic E-state index is 12.2. The number of phenolic OH excluding ortho intramolecular Hbond substituents is 1. The predicted molar refractivity (Wildman–Crippen MR) is 63.1 cm³/mol. The van der Waals surface area contributed by atoms with Gasteiger partial charge in [-0.25, -0.2) is 13.4 Å². The molecule has 2 N–H and O–H groups in total. The van der Waals surface area contributed by atoms with Gasteiger partial charge in [-0.2, -0.15) is 9.40 Å². The van der Waals surface area contributed by atoms with Crippen LogP contribution in [0.5, 0.6) is 5.75 Å². The van der Waals surface area contributed by atoms with Crippen LogP contribution in [0.3, 0.4) is 0 Å². The highest BCUT2D eigenvalue weighted by Gasteiger charge is 2.21. The average molecular weight is 268 g/mol. The minimum atomic E-state index is -3.60. The van der Waals surface area contributed by atoms with Crippen molar-refractivity contribution in [3.63, 3.8) is 0 Å². The van der Waals surface area contributed by atoms with Gasteiger partial charge in [0.1, 0.15) is 17.9 Å². The zero-order valence-corrected chi connectivity index (χ0v) is 10.4. The molecule has 0 spiro atoms. The Hall–Kier alpha value is -1.93. The van der Waals surface area contributed by atoms with E-state index in [1.807, 2.05) is 0 Å². The maximum Gasteiger partial charge on any atom is 0.243 e. The van der Waals surface area contributed by atoms with Gasteiger partial charge in [0.15, 0.2) is 0 Å². The molecule has 18 heavy (non-hydrogen) atoms. The molecule has 7 nitrogen and oxygen atoms in total. The number of nitrogens with one attached hydrogen (secondary N) is 1. The van der Waals surface area contributed by atoms with Crippen molar-refractivity contribution < 1.29 is 13.5 Å². The molecule has 8 heteroatoms. The van der Waals surface area contributed by atoms with Crippen LogP contribution in [0.15, 0.2) is 35.5 Å². The van der Waals surface area contributed by atoms with Crippen LogP contribution in [-0.4, -0.2) is 40.1 Å². The molecule has 96 valence electrons. The molecule has 0 radical (unpaired) electrons. The fourth-order valence-corrected chi connectivity index (χ4v) is 2.53. The molecular weight excluding hydrogens is 256 g/mol. The van der Waals surface area contributed by atoms with Crippen LogP contribution in [-0.2, 0) is 16.6 Å². The SMILES string of the molecule is CN(Cc1ncn[nH]1)S(=O)(=O)c1ccc(O)cc1. The Kier molecular flexibility index (Phi) is 3.30. The number of sulfonamides is 1. The van der Waals surface area contributed by atoms with E-state index in [2.05, 4.69) is 15.2 Å². The zero-order chi connectivity index (χ0) is 13.2. The molecule has 0 atom stereocenters. The Labute approximate surface area is 104 Å². The van der Waals surface area contributed by atoms with Gasteiger partial charge in [0.25, 0.3) is 0 Å². The lowest BCUT2D eigenvalue weighted by molar-refractivity contribution is 0.456. The number of hydrogen-bond donors (Lipinski definition) is 2. The normalized spacial score (nSPS) is 11.9. The quantitative estimate of drug-likeness (QED) is 0.832. The molecular formula is C10H12N4O3S. The van der Waals surface area contributed by atoms with E-state index >= 15 is 0 Å². The molecule has 1 heterocycles. The summed E-state index contributed by atoms with van der Waals surface area (Å²) in [5.41, 5.74) is 0. The molecule has 0 unspecified atom stereocenters. The van der Waals surface area contributed by atoms with E-state index in [1.165, 1.54) is 37.6 Å². The number of nitrogens with zero attached hydrogens (tertiary/aromatic N) is 3. The smallest absolute Gasteiger partial charge is 0.243 e. The monoisotopic (exact) mass is 268 g/mol. The lowest BCUT2D eigenvalue weighted by Gasteiger charge is -2.15. The number of benzene rings is 1. The molecule has 0 aliphatic rings. The van der Waals surface area contributed by atoms with Crippen molar-refractivity contribution in [3.8, 4) is 5.75 Å². The van der Waals surface area contributed by atoms with Crippen LogP contribution < -0.4 is 0 Å². The van der Waals surface area contributed by atoms with Crippen LogP contribution in [0.1, 0.15) is 5.82 Å². The first-order valence-corrected chi connectivity index (χ1v) is 6.54. The Morgan fingerprint density at radius 1 is 1.33 bits per heavy atom. The molecule has 0 saturated carbocycles. The molecule has 1 aromatic heterocycles. The first kappa shape index (κ1) is 12.5. The first-order valence-electron chi connectivity index (χ1n) is 5.10. The number of aromatic nitrogens is 3. The van der Waals surface area contributed by atoms with Gasteiger partial charge in [-0.05, 0) is 24.3 Å². The highest BCUT2D eigenvalue weighted by molar-refractivity contribution is 7.89. The van der Waals surface area contributed by atoms with Gasteiger partial charge in [-0.15, -0.1) is 0 Å². The summed E-state index contributed by atoms with van der Waals surface area (Å²) in [6, 6.07) is 5.35. The van der Waals surface area contributed by atoms with E-state index in [-0.39, 0.29) is 17.2 Å². The minimum Gasteiger partial charge on any atom is -0.508 e. The third-order valence-electron chi connectivity index (χ3n) is 2.38. The largest absolute Gasteiger partial charge is 0.508 e. The molecule has 0 bridgehead atoms. The van der Waals surface area contributed by atoms with Gasteiger partial charge >= 0.3 is 0 Å². The highest BCUT2D eigenvalue weighted by atomic mass is 32.2. The highest BCUT2D eigenvalue weighted by Crippen LogP contribution is 2.18. The van der Waals surface area contributed by atoms with E-state index < -0.39 is 10.0 Å². The summed E-state index contributed by atoms with van der Waals surface area (Å²) in [6.07, 6.45) is 1.32. The summed E-state index contributed by atoms with van der Waals surface area (Å²) in [7, 11) is -2.15. The van der Waals surface area contributed by atoms with Gasteiger partial charge in [0, 0.05) is 7.05 Å². The van der Waals surface area contributed by atoms with Crippen molar-refractivity contribution in [1.29, 1.82) is 0 Å². The molecule has 0 amide bonds. The second-order valence-corrected chi connectivity index (χ2v) is 5.73. The molecule has 2 rings (SSSR count).